The highest BCUT2D eigenvalue weighted by Crippen LogP contribution is 2.24. The Labute approximate surface area is 109 Å². The van der Waals surface area contributed by atoms with Gasteiger partial charge in [0.2, 0.25) is 5.91 Å². The fourth-order valence-corrected chi connectivity index (χ4v) is 2.71. The average Bonchev–Trinajstić information content (AvgIpc) is 2.81. The molecule has 0 spiro atoms. The summed E-state index contributed by atoms with van der Waals surface area (Å²) in [5.41, 5.74) is 7.43. The zero-order valence-corrected chi connectivity index (χ0v) is 11.2. The summed E-state index contributed by atoms with van der Waals surface area (Å²) in [7, 11) is 0. The maximum Gasteiger partial charge on any atom is 0.227 e. The van der Waals surface area contributed by atoms with Crippen LogP contribution in [0.1, 0.15) is 32.3 Å². The van der Waals surface area contributed by atoms with Crippen LogP contribution in [0.5, 0.6) is 0 Å². The molecule has 18 heavy (non-hydrogen) atoms. The second-order valence-electron chi connectivity index (χ2n) is 5.46. The Morgan fingerprint density at radius 1 is 1.39 bits per heavy atom. The molecule has 1 aromatic carbocycles. The quantitative estimate of drug-likeness (QED) is 0.833. The van der Waals surface area contributed by atoms with Crippen LogP contribution >= 0.6 is 0 Å². The molecule has 98 valence electrons. The van der Waals surface area contributed by atoms with Gasteiger partial charge in [-0.25, -0.2) is 0 Å². The Kier molecular flexibility index (Phi) is 3.90. The van der Waals surface area contributed by atoms with Crippen molar-refractivity contribution in [2.75, 3.05) is 12.3 Å². The van der Waals surface area contributed by atoms with Gasteiger partial charge in [0.15, 0.2) is 0 Å². The van der Waals surface area contributed by atoms with Gasteiger partial charge < -0.3 is 10.6 Å². The summed E-state index contributed by atoms with van der Waals surface area (Å²) >= 11 is 0. The molecule has 1 amide bonds. The second-order valence-corrected chi connectivity index (χ2v) is 5.46. The first-order chi connectivity index (χ1) is 8.58. The molecule has 1 unspecified atom stereocenters. The van der Waals surface area contributed by atoms with Gasteiger partial charge in [0.05, 0.1) is 6.42 Å². The van der Waals surface area contributed by atoms with Crippen molar-refractivity contribution in [1.82, 2.24) is 4.90 Å². The number of benzene rings is 1. The van der Waals surface area contributed by atoms with Crippen LogP contribution in [-0.4, -0.2) is 23.4 Å². The van der Waals surface area contributed by atoms with Crippen molar-refractivity contribution in [2.45, 2.75) is 39.2 Å². The van der Waals surface area contributed by atoms with Gasteiger partial charge in [0, 0.05) is 18.3 Å². The number of carbonyl (C=O) groups is 1. The van der Waals surface area contributed by atoms with Crippen molar-refractivity contribution >= 4 is 11.6 Å². The molecule has 1 saturated heterocycles. The van der Waals surface area contributed by atoms with Crippen molar-refractivity contribution < 1.29 is 4.79 Å². The van der Waals surface area contributed by atoms with Crippen LogP contribution in [0.4, 0.5) is 5.69 Å². The summed E-state index contributed by atoms with van der Waals surface area (Å²) < 4.78 is 0. The molecule has 3 nitrogen and oxygen atoms in total. The number of hydrogen-bond donors (Lipinski definition) is 1. The zero-order chi connectivity index (χ0) is 13.1. The Bertz CT molecular complexity index is 411. The molecule has 1 atom stereocenters. The minimum atomic E-state index is 0.246. The van der Waals surface area contributed by atoms with E-state index >= 15 is 0 Å². The number of nitrogen functional groups attached to an aromatic ring is 1. The Balaban J connectivity index is 2.01. The molecular formula is C15H22N2O. The predicted molar refractivity (Wildman–Crippen MR) is 74.1 cm³/mol. The summed E-state index contributed by atoms with van der Waals surface area (Å²) in [5, 5.41) is 0. The summed E-state index contributed by atoms with van der Waals surface area (Å²) in [6.45, 7) is 5.30. The first-order valence-corrected chi connectivity index (χ1v) is 6.72. The van der Waals surface area contributed by atoms with E-state index < -0.39 is 0 Å². The van der Waals surface area contributed by atoms with Gasteiger partial charge in [0.25, 0.3) is 0 Å². The first-order valence-electron chi connectivity index (χ1n) is 6.72. The maximum absolute atomic E-state index is 12.3. The Morgan fingerprint density at radius 2 is 2.06 bits per heavy atom. The van der Waals surface area contributed by atoms with Crippen LogP contribution in [0.2, 0.25) is 0 Å². The lowest BCUT2D eigenvalue weighted by Gasteiger charge is -2.27. The monoisotopic (exact) mass is 246 g/mol. The highest BCUT2D eigenvalue weighted by molar-refractivity contribution is 5.79. The lowest BCUT2D eigenvalue weighted by molar-refractivity contribution is -0.132. The smallest absolute Gasteiger partial charge is 0.227 e. The third-order valence-electron chi connectivity index (χ3n) is 3.72. The first kappa shape index (κ1) is 12.9. The molecular weight excluding hydrogens is 224 g/mol. The molecule has 1 aliphatic rings. The van der Waals surface area contributed by atoms with Crippen LogP contribution in [0, 0.1) is 5.92 Å². The Hall–Kier alpha value is -1.51. The van der Waals surface area contributed by atoms with Crippen molar-refractivity contribution in [3.05, 3.63) is 29.8 Å². The average molecular weight is 246 g/mol. The van der Waals surface area contributed by atoms with E-state index in [4.69, 9.17) is 5.73 Å². The third-order valence-corrected chi connectivity index (χ3v) is 3.72. The maximum atomic E-state index is 12.3. The van der Waals surface area contributed by atoms with Gasteiger partial charge in [-0.1, -0.05) is 26.0 Å². The SMILES string of the molecule is CC(C)C1CCCN1C(=O)Cc1ccc(N)cc1. The number of nitrogens with two attached hydrogens (primary N) is 1. The molecule has 1 aromatic rings. The zero-order valence-electron chi connectivity index (χ0n) is 11.2. The minimum absolute atomic E-state index is 0.246. The number of rotatable bonds is 3. The van der Waals surface area contributed by atoms with Crippen molar-refractivity contribution in [3.63, 3.8) is 0 Å². The summed E-state index contributed by atoms with van der Waals surface area (Å²) in [5.74, 6) is 0.791. The molecule has 0 radical (unpaired) electrons. The van der Waals surface area contributed by atoms with E-state index in [2.05, 4.69) is 18.7 Å². The lowest BCUT2D eigenvalue weighted by atomic mass is 10.0. The van der Waals surface area contributed by atoms with Gasteiger partial charge >= 0.3 is 0 Å². The van der Waals surface area contributed by atoms with E-state index in [-0.39, 0.29) is 5.91 Å². The molecule has 0 bridgehead atoms. The second kappa shape index (κ2) is 5.42. The normalized spacial score (nSPS) is 19.5. The summed E-state index contributed by atoms with van der Waals surface area (Å²) in [4.78, 5) is 14.4. The molecule has 0 saturated carbocycles. The van der Waals surface area contributed by atoms with E-state index in [0.29, 0.717) is 18.4 Å². The largest absolute Gasteiger partial charge is 0.399 e. The van der Waals surface area contributed by atoms with E-state index in [1.165, 1.54) is 0 Å². The van der Waals surface area contributed by atoms with Crippen LogP contribution in [0.25, 0.3) is 0 Å². The minimum Gasteiger partial charge on any atom is -0.399 e. The number of anilines is 1. The molecule has 3 heteroatoms. The molecule has 0 aromatic heterocycles. The van der Waals surface area contributed by atoms with Crippen molar-refractivity contribution in [1.29, 1.82) is 0 Å². The van der Waals surface area contributed by atoms with E-state index in [1.807, 2.05) is 24.3 Å². The lowest BCUT2D eigenvalue weighted by Crippen LogP contribution is -2.39. The van der Waals surface area contributed by atoms with Crippen molar-refractivity contribution in [3.8, 4) is 0 Å². The summed E-state index contributed by atoms with van der Waals surface area (Å²) in [6, 6.07) is 8.01. The highest BCUT2D eigenvalue weighted by Gasteiger charge is 2.30. The van der Waals surface area contributed by atoms with Crippen LogP contribution in [-0.2, 0) is 11.2 Å². The number of likely N-dealkylation sites (tertiary alicyclic amines) is 1. The number of nitrogens with zero attached hydrogens (tertiary/aromatic N) is 1. The fourth-order valence-electron chi connectivity index (χ4n) is 2.71. The molecule has 0 aliphatic carbocycles. The number of carbonyl (C=O) groups excluding carboxylic acids is 1. The van der Waals surface area contributed by atoms with Gasteiger partial charge in [-0.3, -0.25) is 4.79 Å². The van der Waals surface area contributed by atoms with E-state index in [1.54, 1.807) is 0 Å². The van der Waals surface area contributed by atoms with Gasteiger partial charge in [-0.15, -0.1) is 0 Å². The van der Waals surface area contributed by atoms with Gasteiger partial charge in [0.1, 0.15) is 0 Å². The molecule has 2 N–H and O–H groups in total. The fraction of sp³-hybridized carbons (Fsp3) is 0.533. The standard InChI is InChI=1S/C15H22N2O/c1-11(2)14-4-3-9-17(14)15(18)10-12-5-7-13(16)8-6-12/h5-8,11,14H,3-4,9-10,16H2,1-2H3. The topological polar surface area (TPSA) is 46.3 Å². The van der Waals surface area contributed by atoms with Crippen LogP contribution in [0.15, 0.2) is 24.3 Å². The third kappa shape index (κ3) is 2.84. The Morgan fingerprint density at radius 3 is 2.67 bits per heavy atom. The van der Waals surface area contributed by atoms with E-state index in [0.717, 1.165) is 30.6 Å². The predicted octanol–water partition coefficient (Wildman–Crippen LogP) is 2.46. The number of amides is 1. The molecule has 1 fully saturated rings. The van der Waals surface area contributed by atoms with Gasteiger partial charge in [-0.2, -0.15) is 0 Å². The highest BCUT2D eigenvalue weighted by atomic mass is 16.2. The van der Waals surface area contributed by atoms with Crippen molar-refractivity contribution in [2.24, 2.45) is 5.92 Å². The summed E-state index contributed by atoms with van der Waals surface area (Å²) in [6.07, 6.45) is 2.77. The van der Waals surface area contributed by atoms with E-state index in [9.17, 15) is 4.79 Å². The van der Waals surface area contributed by atoms with Crippen LogP contribution in [0.3, 0.4) is 0 Å². The van der Waals surface area contributed by atoms with Gasteiger partial charge in [-0.05, 0) is 36.5 Å². The molecule has 1 heterocycles. The van der Waals surface area contributed by atoms with Crippen LogP contribution < -0.4 is 5.73 Å². The number of hydrogen-bond acceptors (Lipinski definition) is 2. The molecule has 1 aliphatic heterocycles. The molecule has 2 rings (SSSR count).